The van der Waals surface area contributed by atoms with Crippen LogP contribution in [-0.2, 0) is 11.3 Å². The predicted octanol–water partition coefficient (Wildman–Crippen LogP) is 2.47. The smallest absolute Gasteiger partial charge is 0.169 e. The molecule has 0 saturated carbocycles. The third-order valence-electron chi connectivity index (χ3n) is 3.11. The summed E-state index contributed by atoms with van der Waals surface area (Å²) < 4.78 is 8.31. The third kappa shape index (κ3) is 2.92. The largest absolute Gasteiger partial charge is 0.367 e. The van der Waals surface area contributed by atoms with Crippen LogP contribution in [0.4, 0.5) is 0 Å². The van der Waals surface area contributed by atoms with E-state index in [0.717, 1.165) is 26.1 Å². The van der Waals surface area contributed by atoms with Crippen molar-refractivity contribution in [1.82, 2.24) is 0 Å². The van der Waals surface area contributed by atoms with Crippen LogP contribution in [0.2, 0.25) is 0 Å². The molecule has 0 spiro atoms. The van der Waals surface area contributed by atoms with E-state index in [4.69, 9.17) is 4.74 Å². The van der Waals surface area contributed by atoms with Crippen molar-refractivity contribution >= 4 is 5.71 Å². The molecule has 0 aliphatic carbocycles. The minimum atomic E-state index is 0.398. The molecule has 0 bridgehead atoms. The van der Waals surface area contributed by atoms with Gasteiger partial charge in [-0.2, -0.15) is 0 Å². The second kappa shape index (κ2) is 5.26. The van der Waals surface area contributed by atoms with Gasteiger partial charge in [0.2, 0.25) is 0 Å². The van der Waals surface area contributed by atoms with Crippen LogP contribution in [0, 0.1) is 0 Å². The van der Waals surface area contributed by atoms with Crippen LogP contribution in [0.1, 0.15) is 25.8 Å². The van der Waals surface area contributed by atoms with E-state index < -0.39 is 0 Å². The van der Waals surface area contributed by atoms with Crippen LogP contribution in [0.5, 0.6) is 0 Å². The summed E-state index contributed by atoms with van der Waals surface area (Å²) in [5.41, 5.74) is 2.66. The first-order valence-electron chi connectivity index (χ1n) is 5.96. The Morgan fingerprint density at radius 2 is 2.06 bits per heavy atom. The molecule has 2 heteroatoms. The van der Waals surface area contributed by atoms with Gasteiger partial charge in [0.15, 0.2) is 6.54 Å². The van der Waals surface area contributed by atoms with Crippen LogP contribution in [0.25, 0.3) is 0 Å². The Morgan fingerprint density at radius 3 is 2.69 bits per heavy atom. The van der Waals surface area contributed by atoms with Gasteiger partial charge in [0.1, 0.15) is 18.4 Å². The van der Waals surface area contributed by atoms with Crippen molar-refractivity contribution in [3.8, 4) is 0 Å². The van der Waals surface area contributed by atoms with Crippen LogP contribution < -0.4 is 0 Å². The monoisotopic (exact) mass is 218 g/mol. The predicted molar refractivity (Wildman–Crippen MR) is 66.0 cm³/mol. The second-order valence-electron chi connectivity index (χ2n) is 4.60. The Labute approximate surface area is 97.6 Å². The van der Waals surface area contributed by atoms with Gasteiger partial charge in [-0.3, -0.25) is 0 Å². The Balaban J connectivity index is 1.83. The molecule has 1 aliphatic heterocycles. The minimum absolute atomic E-state index is 0.398. The summed E-state index contributed by atoms with van der Waals surface area (Å²) in [6.07, 6.45) is 1.55. The minimum Gasteiger partial charge on any atom is -0.367 e. The van der Waals surface area contributed by atoms with Crippen LogP contribution in [0.3, 0.4) is 0 Å². The van der Waals surface area contributed by atoms with Gasteiger partial charge < -0.3 is 4.74 Å². The zero-order chi connectivity index (χ0) is 11.4. The van der Waals surface area contributed by atoms with Gasteiger partial charge in [-0.1, -0.05) is 30.3 Å². The molecule has 2 nitrogen and oxygen atoms in total. The highest BCUT2D eigenvalue weighted by molar-refractivity contribution is 5.73. The number of rotatable bonds is 3. The van der Waals surface area contributed by atoms with Gasteiger partial charge in [-0.05, 0) is 5.56 Å². The van der Waals surface area contributed by atoms with Crippen LogP contribution in [0.15, 0.2) is 30.3 Å². The van der Waals surface area contributed by atoms with E-state index in [1.54, 1.807) is 0 Å². The molecular weight excluding hydrogens is 198 g/mol. The fraction of sp³-hybridized carbons (Fsp3) is 0.500. The second-order valence-corrected chi connectivity index (χ2v) is 4.60. The van der Waals surface area contributed by atoms with E-state index in [1.165, 1.54) is 11.3 Å². The molecule has 1 aromatic carbocycles. The Morgan fingerprint density at radius 1 is 1.31 bits per heavy atom. The molecule has 0 aromatic heterocycles. The molecule has 1 saturated heterocycles. The van der Waals surface area contributed by atoms with Gasteiger partial charge >= 0.3 is 0 Å². The van der Waals surface area contributed by atoms with Crippen LogP contribution in [-0.4, -0.2) is 29.5 Å². The van der Waals surface area contributed by atoms with Crippen molar-refractivity contribution in [3.05, 3.63) is 35.9 Å². The van der Waals surface area contributed by atoms with E-state index in [2.05, 4.69) is 42.7 Å². The Kier molecular flexibility index (Phi) is 3.73. The zero-order valence-electron chi connectivity index (χ0n) is 10.1. The lowest BCUT2D eigenvalue weighted by Crippen LogP contribution is -2.18. The van der Waals surface area contributed by atoms with Crippen molar-refractivity contribution in [2.75, 3.05) is 13.1 Å². The molecule has 2 rings (SSSR count). The summed E-state index contributed by atoms with van der Waals surface area (Å²) in [6, 6.07) is 10.4. The van der Waals surface area contributed by atoms with Gasteiger partial charge in [-0.15, -0.1) is 0 Å². The zero-order valence-corrected chi connectivity index (χ0v) is 10.1. The Bertz CT molecular complexity index is 366. The fourth-order valence-corrected chi connectivity index (χ4v) is 2.06. The summed E-state index contributed by atoms with van der Waals surface area (Å²) in [7, 11) is 0. The topological polar surface area (TPSA) is 12.2 Å². The highest BCUT2D eigenvalue weighted by Gasteiger charge is 2.26. The average Bonchev–Trinajstić information content (AvgIpc) is 2.76. The van der Waals surface area contributed by atoms with Gasteiger partial charge in [-0.25, -0.2) is 4.58 Å². The number of hydrogen-bond acceptors (Lipinski definition) is 1. The summed E-state index contributed by atoms with van der Waals surface area (Å²) in [5.74, 6) is 0. The van der Waals surface area contributed by atoms with E-state index in [-0.39, 0.29) is 0 Å². The maximum absolute atomic E-state index is 5.91. The molecule has 16 heavy (non-hydrogen) atoms. The first-order chi connectivity index (χ1) is 7.75. The molecular formula is C14H20NO+. The number of ether oxygens (including phenoxy) is 1. The van der Waals surface area contributed by atoms with E-state index >= 15 is 0 Å². The van der Waals surface area contributed by atoms with E-state index in [9.17, 15) is 0 Å². The van der Waals surface area contributed by atoms with Gasteiger partial charge in [0.25, 0.3) is 0 Å². The van der Waals surface area contributed by atoms with Gasteiger partial charge in [0, 0.05) is 20.3 Å². The molecule has 0 radical (unpaired) electrons. The molecule has 0 N–H and O–H groups in total. The van der Waals surface area contributed by atoms with Crippen molar-refractivity contribution in [1.29, 1.82) is 0 Å². The van der Waals surface area contributed by atoms with Gasteiger partial charge in [0.05, 0.1) is 6.61 Å². The van der Waals surface area contributed by atoms with Crippen molar-refractivity contribution in [3.63, 3.8) is 0 Å². The first kappa shape index (κ1) is 11.3. The highest BCUT2D eigenvalue weighted by atomic mass is 16.5. The molecule has 0 amide bonds. The lowest BCUT2D eigenvalue weighted by molar-refractivity contribution is -0.511. The quantitative estimate of drug-likeness (QED) is 0.710. The number of hydrogen-bond donors (Lipinski definition) is 0. The highest BCUT2D eigenvalue weighted by Crippen LogP contribution is 2.11. The summed E-state index contributed by atoms with van der Waals surface area (Å²) in [5, 5.41) is 0. The normalized spacial score (nSPS) is 20.1. The molecule has 1 unspecified atom stereocenters. The van der Waals surface area contributed by atoms with Crippen molar-refractivity contribution in [2.45, 2.75) is 33.0 Å². The molecule has 86 valence electrons. The van der Waals surface area contributed by atoms with Crippen molar-refractivity contribution < 1.29 is 9.31 Å². The number of benzene rings is 1. The first-order valence-corrected chi connectivity index (χ1v) is 5.96. The standard InChI is InChI=1S/C14H20NO/c1-12(2)15-9-8-14(10-15)16-11-13-6-4-3-5-7-13/h3-7,14H,8-11H2,1-2H3/q+1. The summed E-state index contributed by atoms with van der Waals surface area (Å²) >= 11 is 0. The molecule has 1 aromatic rings. The lowest BCUT2D eigenvalue weighted by Gasteiger charge is -2.07. The molecule has 1 aliphatic rings. The third-order valence-corrected chi connectivity index (χ3v) is 3.11. The average molecular weight is 218 g/mol. The molecule has 1 atom stereocenters. The fourth-order valence-electron chi connectivity index (χ4n) is 2.06. The number of nitrogens with zero attached hydrogens (tertiary/aromatic N) is 1. The summed E-state index contributed by atoms with van der Waals surface area (Å²) in [6.45, 7) is 7.26. The lowest BCUT2D eigenvalue weighted by atomic mass is 10.2. The maximum atomic E-state index is 5.91. The van der Waals surface area contributed by atoms with E-state index in [0.29, 0.717) is 6.10 Å². The molecule has 1 heterocycles. The van der Waals surface area contributed by atoms with E-state index in [1.807, 2.05) is 6.07 Å². The summed E-state index contributed by atoms with van der Waals surface area (Å²) in [4.78, 5) is 0. The SMILES string of the molecule is CC(C)=[N+]1CCC(OCc2ccccc2)C1. The van der Waals surface area contributed by atoms with Crippen LogP contribution >= 0.6 is 0 Å². The maximum Gasteiger partial charge on any atom is 0.169 e. The molecule has 1 fully saturated rings. The van der Waals surface area contributed by atoms with Crippen molar-refractivity contribution in [2.24, 2.45) is 0 Å². The Hall–Kier alpha value is -1.15.